The van der Waals surface area contributed by atoms with E-state index in [2.05, 4.69) is 31.4 Å². The minimum Gasteiger partial charge on any atom is -0.293 e. The maximum absolute atomic E-state index is 12.3. The van der Waals surface area contributed by atoms with Crippen LogP contribution in [0.25, 0.3) is 0 Å². The second-order valence-electron chi connectivity index (χ2n) is 6.12. The Hall–Kier alpha value is -1.15. The van der Waals surface area contributed by atoms with Gasteiger partial charge in [0.2, 0.25) is 0 Å². The molecule has 0 saturated heterocycles. The second-order valence-corrected chi connectivity index (χ2v) is 11.2. The molecule has 0 aliphatic heterocycles. The van der Waals surface area contributed by atoms with Gasteiger partial charge in [0.1, 0.15) is 0 Å². The molecule has 2 heteroatoms. The van der Waals surface area contributed by atoms with Crippen LogP contribution in [0.15, 0.2) is 42.1 Å². The van der Waals surface area contributed by atoms with Crippen molar-refractivity contribution >= 4 is 13.9 Å². The van der Waals surface area contributed by atoms with Crippen molar-refractivity contribution in [3.63, 3.8) is 0 Å². The topological polar surface area (TPSA) is 17.1 Å². The van der Waals surface area contributed by atoms with E-state index in [0.29, 0.717) is 0 Å². The molecule has 0 fully saturated rings. The molecule has 0 saturated carbocycles. The smallest absolute Gasteiger partial charge is 0.172 e. The Morgan fingerprint density at radius 2 is 1.65 bits per heavy atom. The van der Waals surface area contributed by atoms with E-state index in [0.717, 1.165) is 5.56 Å². The fourth-order valence-electron chi connectivity index (χ4n) is 1.50. The van der Waals surface area contributed by atoms with Gasteiger partial charge in [-0.15, -0.1) is 0 Å². The highest BCUT2D eigenvalue weighted by atomic mass is 28.3. The van der Waals surface area contributed by atoms with Crippen molar-refractivity contribution < 1.29 is 4.79 Å². The molecule has 0 bridgehead atoms. The van der Waals surface area contributed by atoms with Gasteiger partial charge in [-0.3, -0.25) is 4.79 Å². The Labute approximate surface area is 106 Å². The maximum Gasteiger partial charge on any atom is 0.172 e. The first kappa shape index (κ1) is 13.9. The Morgan fingerprint density at radius 3 is 2.12 bits per heavy atom. The maximum atomic E-state index is 12.3. The third-order valence-electron chi connectivity index (χ3n) is 2.62. The fraction of sp³-hybridized carbons (Fsp3) is 0.400. The minimum absolute atomic E-state index is 0.188. The molecule has 0 aromatic heterocycles. The normalized spacial score (nSPS) is 13.0. The number of Topliss-reactive ketones (excluding diaryl/α,β-unsaturated/α-hetero) is 1. The summed E-state index contributed by atoms with van der Waals surface area (Å²) in [5.74, 6) is 0.188. The zero-order valence-electron chi connectivity index (χ0n) is 11.4. The Balaban J connectivity index is 2.92. The van der Waals surface area contributed by atoms with Gasteiger partial charge in [-0.25, -0.2) is 0 Å². The van der Waals surface area contributed by atoms with Crippen LogP contribution in [-0.2, 0) is 0 Å². The summed E-state index contributed by atoms with van der Waals surface area (Å²) >= 11 is 0. The molecule has 92 valence electrons. The van der Waals surface area contributed by atoms with Crippen LogP contribution in [0.4, 0.5) is 0 Å². The van der Waals surface area contributed by atoms with Crippen LogP contribution in [0, 0.1) is 5.41 Å². The second kappa shape index (κ2) is 5.01. The van der Waals surface area contributed by atoms with Crippen molar-refractivity contribution in [2.24, 2.45) is 5.41 Å². The summed E-state index contributed by atoms with van der Waals surface area (Å²) in [5.41, 5.74) is 2.62. The predicted molar refractivity (Wildman–Crippen MR) is 77.0 cm³/mol. The van der Waals surface area contributed by atoms with E-state index in [1.54, 1.807) is 0 Å². The predicted octanol–water partition coefficient (Wildman–Crippen LogP) is 4.33. The molecule has 1 aromatic rings. The Morgan fingerprint density at radius 1 is 1.12 bits per heavy atom. The molecule has 0 unspecified atom stereocenters. The number of ketones is 1. The van der Waals surface area contributed by atoms with Crippen LogP contribution in [-0.4, -0.2) is 13.9 Å². The lowest BCUT2D eigenvalue weighted by Gasteiger charge is -2.20. The number of hydrogen-bond donors (Lipinski definition) is 0. The molecule has 17 heavy (non-hydrogen) atoms. The summed E-state index contributed by atoms with van der Waals surface area (Å²) in [7, 11) is -1.25. The van der Waals surface area contributed by atoms with Crippen LogP contribution in [0.1, 0.15) is 24.2 Å². The summed E-state index contributed by atoms with van der Waals surface area (Å²) in [5, 5.41) is 0. The van der Waals surface area contributed by atoms with E-state index < -0.39 is 13.5 Å². The van der Waals surface area contributed by atoms with Crippen LogP contribution in [0.2, 0.25) is 19.6 Å². The first-order valence-corrected chi connectivity index (χ1v) is 9.60. The van der Waals surface area contributed by atoms with Gasteiger partial charge in [0.05, 0.1) is 8.07 Å². The lowest BCUT2D eigenvalue weighted by molar-refractivity contribution is 0.0885. The molecule has 0 heterocycles. The number of rotatable bonds is 4. The zero-order valence-corrected chi connectivity index (χ0v) is 12.4. The summed E-state index contributed by atoms with van der Waals surface area (Å²) in [6.07, 6.45) is 2.08. The molecule has 1 rings (SSSR count). The monoisotopic (exact) mass is 246 g/mol. The molecule has 1 nitrogen and oxygen atoms in total. The van der Waals surface area contributed by atoms with Gasteiger partial charge >= 0.3 is 0 Å². The standard InChI is InChI=1S/C15H22OSi/c1-15(2,11-12-17(3,4)5)14(16)13-9-7-6-8-10-13/h6-12H,1-5H3/b12-11-. The molecule has 0 spiro atoms. The van der Waals surface area contributed by atoms with Crippen molar-refractivity contribution in [2.45, 2.75) is 33.5 Å². The molecule has 0 aliphatic rings. The van der Waals surface area contributed by atoms with Crippen LogP contribution >= 0.6 is 0 Å². The van der Waals surface area contributed by atoms with Crippen molar-refractivity contribution in [1.29, 1.82) is 0 Å². The van der Waals surface area contributed by atoms with E-state index >= 15 is 0 Å². The molecule has 0 N–H and O–H groups in total. The van der Waals surface area contributed by atoms with Crippen LogP contribution in [0.5, 0.6) is 0 Å². The number of carbonyl (C=O) groups excluding carboxylic acids is 1. The summed E-state index contributed by atoms with van der Waals surface area (Å²) in [6.45, 7) is 10.8. The lowest BCUT2D eigenvalue weighted by Crippen LogP contribution is -2.24. The van der Waals surface area contributed by atoms with Gasteiger partial charge in [0, 0.05) is 11.0 Å². The third kappa shape index (κ3) is 4.31. The Kier molecular flexibility index (Phi) is 4.10. The minimum atomic E-state index is -1.25. The highest BCUT2D eigenvalue weighted by molar-refractivity contribution is 6.81. The molecule has 0 aliphatic carbocycles. The van der Waals surface area contributed by atoms with E-state index in [1.165, 1.54) is 0 Å². The largest absolute Gasteiger partial charge is 0.293 e. The fourth-order valence-corrected chi connectivity index (χ4v) is 2.41. The van der Waals surface area contributed by atoms with E-state index in [-0.39, 0.29) is 5.78 Å². The van der Waals surface area contributed by atoms with Crippen molar-refractivity contribution in [3.8, 4) is 0 Å². The molecule has 0 amide bonds. The molecule has 0 atom stereocenters. The average molecular weight is 246 g/mol. The van der Waals surface area contributed by atoms with Crippen LogP contribution < -0.4 is 0 Å². The lowest BCUT2D eigenvalue weighted by atomic mass is 9.84. The van der Waals surface area contributed by atoms with Crippen molar-refractivity contribution in [2.75, 3.05) is 0 Å². The SMILES string of the molecule is CC(C)(/C=C\[Si](C)(C)C)C(=O)c1ccccc1. The van der Waals surface area contributed by atoms with Gasteiger partial charge in [-0.2, -0.15) is 0 Å². The van der Waals surface area contributed by atoms with Gasteiger partial charge in [0.25, 0.3) is 0 Å². The molecule has 0 radical (unpaired) electrons. The first-order chi connectivity index (χ1) is 7.72. The first-order valence-electron chi connectivity index (χ1n) is 6.03. The highest BCUT2D eigenvalue weighted by Crippen LogP contribution is 2.24. The number of hydrogen-bond acceptors (Lipinski definition) is 1. The molecular formula is C15H22OSi. The third-order valence-corrected chi connectivity index (χ3v) is 3.79. The van der Waals surface area contributed by atoms with Gasteiger partial charge in [-0.1, -0.05) is 61.7 Å². The molecular weight excluding hydrogens is 224 g/mol. The molecule has 1 aromatic carbocycles. The summed E-state index contributed by atoms with van der Waals surface area (Å²) < 4.78 is 0. The summed E-state index contributed by atoms with van der Waals surface area (Å²) in [4.78, 5) is 12.3. The number of benzene rings is 1. The number of carbonyl (C=O) groups is 1. The highest BCUT2D eigenvalue weighted by Gasteiger charge is 2.26. The van der Waals surface area contributed by atoms with Crippen LogP contribution in [0.3, 0.4) is 0 Å². The number of allylic oxidation sites excluding steroid dienone is 1. The summed E-state index contributed by atoms with van der Waals surface area (Å²) in [6, 6.07) is 9.51. The van der Waals surface area contributed by atoms with Gasteiger partial charge in [0.15, 0.2) is 5.78 Å². The zero-order chi connectivity index (χ0) is 13.1. The average Bonchev–Trinajstić information content (AvgIpc) is 2.26. The van der Waals surface area contributed by atoms with Gasteiger partial charge in [-0.05, 0) is 13.8 Å². The van der Waals surface area contributed by atoms with E-state index in [9.17, 15) is 4.79 Å². The van der Waals surface area contributed by atoms with Crippen molar-refractivity contribution in [3.05, 3.63) is 47.7 Å². The Bertz CT molecular complexity index is 410. The van der Waals surface area contributed by atoms with Gasteiger partial charge < -0.3 is 0 Å². The van der Waals surface area contributed by atoms with E-state index in [4.69, 9.17) is 0 Å². The van der Waals surface area contributed by atoms with Crippen molar-refractivity contribution in [1.82, 2.24) is 0 Å². The van der Waals surface area contributed by atoms with E-state index in [1.807, 2.05) is 44.2 Å². The quantitative estimate of drug-likeness (QED) is 0.571.